The van der Waals surface area contributed by atoms with Crippen LogP contribution in [0.2, 0.25) is 0 Å². The Labute approximate surface area is 75.4 Å². The quantitative estimate of drug-likeness (QED) is 0.557. The maximum absolute atomic E-state index is 2.29. The van der Waals surface area contributed by atoms with E-state index in [0.29, 0.717) is 0 Å². The lowest BCUT2D eigenvalue weighted by molar-refractivity contribution is 0.540. The van der Waals surface area contributed by atoms with Gasteiger partial charge in [0.05, 0.1) is 0 Å². The Morgan fingerprint density at radius 1 is 1.17 bits per heavy atom. The van der Waals surface area contributed by atoms with E-state index in [1.54, 1.807) is 0 Å². The van der Waals surface area contributed by atoms with Gasteiger partial charge >= 0.3 is 0 Å². The standard InChI is InChI=1S/C11H19N/c1-8-7-10(11(3,4)5)12(6)9(8)2/h7H,1-6H3. The van der Waals surface area contributed by atoms with Gasteiger partial charge in [-0.25, -0.2) is 0 Å². The SMILES string of the molecule is Cc1cc(C(C)(C)C)n(C)c1C. The molecule has 0 aliphatic heterocycles. The predicted octanol–water partition coefficient (Wildman–Crippen LogP) is 2.94. The van der Waals surface area contributed by atoms with E-state index in [1.807, 2.05) is 0 Å². The highest BCUT2D eigenvalue weighted by atomic mass is 15.0. The molecule has 0 aliphatic rings. The number of nitrogens with zero attached hydrogens (tertiary/aromatic N) is 1. The van der Waals surface area contributed by atoms with Crippen LogP contribution < -0.4 is 0 Å². The van der Waals surface area contributed by atoms with Crippen LogP contribution in [0.1, 0.15) is 37.7 Å². The monoisotopic (exact) mass is 165 g/mol. The molecular weight excluding hydrogens is 146 g/mol. The molecule has 0 aromatic carbocycles. The maximum atomic E-state index is 2.29. The number of rotatable bonds is 0. The van der Waals surface area contributed by atoms with Gasteiger partial charge in [-0.3, -0.25) is 0 Å². The van der Waals surface area contributed by atoms with Crippen LogP contribution in [-0.4, -0.2) is 4.57 Å². The van der Waals surface area contributed by atoms with Gasteiger partial charge in [0, 0.05) is 23.9 Å². The number of aryl methyl sites for hydroxylation is 1. The van der Waals surface area contributed by atoms with Crippen LogP contribution in [0, 0.1) is 13.8 Å². The molecule has 0 aliphatic carbocycles. The summed E-state index contributed by atoms with van der Waals surface area (Å²) in [5, 5.41) is 0. The average molecular weight is 165 g/mol. The molecule has 1 nitrogen and oxygen atoms in total. The third kappa shape index (κ3) is 1.40. The molecule has 0 unspecified atom stereocenters. The highest BCUT2D eigenvalue weighted by Gasteiger charge is 2.18. The van der Waals surface area contributed by atoms with Crippen molar-refractivity contribution < 1.29 is 0 Å². The Bertz CT molecular complexity index is 287. The van der Waals surface area contributed by atoms with E-state index in [0.717, 1.165) is 0 Å². The van der Waals surface area contributed by atoms with Crippen molar-refractivity contribution in [2.24, 2.45) is 7.05 Å². The van der Waals surface area contributed by atoms with Crippen LogP contribution in [-0.2, 0) is 12.5 Å². The minimum atomic E-state index is 0.258. The second kappa shape index (κ2) is 2.65. The van der Waals surface area contributed by atoms with Crippen molar-refractivity contribution in [2.45, 2.75) is 40.0 Å². The molecule has 1 aromatic heterocycles. The lowest BCUT2D eigenvalue weighted by atomic mass is 9.92. The molecule has 1 heterocycles. The van der Waals surface area contributed by atoms with Crippen molar-refractivity contribution in [3.8, 4) is 0 Å². The third-order valence-corrected chi connectivity index (χ3v) is 2.56. The number of aromatic nitrogens is 1. The Balaban J connectivity index is 3.28. The van der Waals surface area contributed by atoms with E-state index in [9.17, 15) is 0 Å². The maximum Gasteiger partial charge on any atom is 0.0230 e. The minimum Gasteiger partial charge on any atom is -0.351 e. The lowest BCUT2D eigenvalue weighted by Crippen LogP contribution is -2.16. The second-order valence-corrected chi connectivity index (χ2v) is 4.61. The van der Waals surface area contributed by atoms with Crippen molar-refractivity contribution in [2.75, 3.05) is 0 Å². The first kappa shape index (κ1) is 9.37. The molecule has 0 amide bonds. The van der Waals surface area contributed by atoms with Gasteiger partial charge in [0.1, 0.15) is 0 Å². The summed E-state index contributed by atoms with van der Waals surface area (Å²) >= 11 is 0. The minimum absolute atomic E-state index is 0.258. The summed E-state index contributed by atoms with van der Waals surface area (Å²) in [5.41, 5.74) is 4.44. The zero-order chi connectivity index (χ0) is 9.52. The highest BCUT2D eigenvalue weighted by Crippen LogP contribution is 2.25. The smallest absolute Gasteiger partial charge is 0.0230 e. The molecule has 1 rings (SSSR count). The molecule has 0 atom stereocenters. The van der Waals surface area contributed by atoms with Gasteiger partial charge in [0.2, 0.25) is 0 Å². The zero-order valence-corrected chi connectivity index (χ0v) is 9.02. The molecule has 0 spiro atoms. The molecule has 0 N–H and O–H groups in total. The summed E-state index contributed by atoms with van der Waals surface area (Å²) in [5.74, 6) is 0. The van der Waals surface area contributed by atoms with Crippen LogP contribution in [0.4, 0.5) is 0 Å². The Kier molecular flexibility index (Phi) is 2.07. The Morgan fingerprint density at radius 2 is 1.67 bits per heavy atom. The Morgan fingerprint density at radius 3 is 1.83 bits per heavy atom. The summed E-state index contributed by atoms with van der Waals surface area (Å²) in [6.07, 6.45) is 0. The van der Waals surface area contributed by atoms with Crippen LogP contribution in [0.15, 0.2) is 6.07 Å². The summed E-state index contributed by atoms with van der Waals surface area (Å²) in [7, 11) is 2.14. The zero-order valence-electron chi connectivity index (χ0n) is 9.02. The first-order chi connectivity index (χ1) is 5.34. The van der Waals surface area contributed by atoms with Crippen molar-refractivity contribution >= 4 is 0 Å². The summed E-state index contributed by atoms with van der Waals surface area (Å²) in [6, 6.07) is 2.29. The van der Waals surface area contributed by atoms with Crippen LogP contribution in [0.3, 0.4) is 0 Å². The van der Waals surface area contributed by atoms with Gasteiger partial charge in [-0.15, -0.1) is 0 Å². The highest BCUT2D eigenvalue weighted by molar-refractivity contribution is 5.29. The molecule has 1 heteroatoms. The van der Waals surface area contributed by atoms with Crippen LogP contribution in [0.25, 0.3) is 0 Å². The summed E-state index contributed by atoms with van der Waals surface area (Å²) < 4.78 is 2.29. The fourth-order valence-electron chi connectivity index (χ4n) is 1.57. The fourth-order valence-corrected chi connectivity index (χ4v) is 1.57. The van der Waals surface area contributed by atoms with E-state index in [4.69, 9.17) is 0 Å². The molecular formula is C11H19N. The van der Waals surface area contributed by atoms with E-state index < -0.39 is 0 Å². The van der Waals surface area contributed by atoms with Crippen LogP contribution in [0.5, 0.6) is 0 Å². The van der Waals surface area contributed by atoms with E-state index >= 15 is 0 Å². The summed E-state index contributed by atoms with van der Waals surface area (Å²) in [4.78, 5) is 0. The van der Waals surface area contributed by atoms with Crippen molar-refractivity contribution in [3.63, 3.8) is 0 Å². The molecule has 68 valence electrons. The fraction of sp³-hybridized carbons (Fsp3) is 0.636. The molecule has 1 aromatic rings. The van der Waals surface area contributed by atoms with Gasteiger partial charge in [-0.05, 0) is 25.5 Å². The second-order valence-electron chi connectivity index (χ2n) is 4.61. The van der Waals surface area contributed by atoms with Crippen molar-refractivity contribution in [3.05, 3.63) is 23.0 Å². The lowest BCUT2D eigenvalue weighted by Gasteiger charge is -2.20. The first-order valence-electron chi connectivity index (χ1n) is 4.47. The largest absolute Gasteiger partial charge is 0.351 e. The van der Waals surface area contributed by atoms with Crippen LogP contribution >= 0.6 is 0 Å². The topological polar surface area (TPSA) is 4.93 Å². The van der Waals surface area contributed by atoms with Gasteiger partial charge < -0.3 is 4.57 Å². The van der Waals surface area contributed by atoms with E-state index in [2.05, 4.69) is 52.3 Å². The average Bonchev–Trinajstić information content (AvgIpc) is 2.15. The molecule has 0 radical (unpaired) electrons. The molecule has 0 fully saturated rings. The van der Waals surface area contributed by atoms with Crippen molar-refractivity contribution in [1.29, 1.82) is 0 Å². The predicted molar refractivity (Wildman–Crippen MR) is 53.6 cm³/mol. The van der Waals surface area contributed by atoms with Crippen molar-refractivity contribution in [1.82, 2.24) is 4.57 Å². The number of hydrogen-bond donors (Lipinski definition) is 0. The van der Waals surface area contributed by atoms with Gasteiger partial charge in [-0.2, -0.15) is 0 Å². The van der Waals surface area contributed by atoms with E-state index in [1.165, 1.54) is 17.0 Å². The summed E-state index contributed by atoms with van der Waals surface area (Å²) in [6.45, 7) is 11.1. The Hall–Kier alpha value is -0.720. The van der Waals surface area contributed by atoms with E-state index in [-0.39, 0.29) is 5.41 Å². The molecule has 0 saturated heterocycles. The molecule has 0 bridgehead atoms. The van der Waals surface area contributed by atoms with Gasteiger partial charge in [-0.1, -0.05) is 20.8 Å². The van der Waals surface area contributed by atoms with Gasteiger partial charge in [0.15, 0.2) is 0 Å². The first-order valence-corrected chi connectivity index (χ1v) is 4.47. The van der Waals surface area contributed by atoms with Gasteiger partial charge in [0.25, 0.3) is 0 Å². The normalized spacial score (nSPS) is 12.2. The third-order valence-electron chi connectivity index (χ3n) is 2.56. The molecule has 12 heavy (non-hydrogen) atoms. The number of hydrogen-bond acceptors (Lipinski definition) is 0. The molecule has 0 saturated carbocycles.